The van der Waals surface area contributed by atoms with Crippen molar-refractivity contribution in [1.82, 2.24) is 10.3 Å². The molecule has 124 valence electrons. The molecule has 0 saturated carbocycles. The van der Waals surface area contributed by atoms with Crippen molar-refractivity contribution >= 4 is 40.0 Å². The van der Waals surface area contributed by atoms with Crippen molar-refractivity contribution < 1.29 is 9.90 Å². The molecule has 24 heavy (non-hydrogen) atoms. The first kappa shape index (κ1) is 18.0. The lowest BCUT2D eigenvalue weighted by Crippen LogP contribution is -2.23. The molecule has 0 bridgehead atoms. The summed E-state index contributed by atoms with van der Waals surface area (Å²) in [6.07, 6.45) is 1.56. The molecule has 0 saturated heterocycles. The molecular formula is C18H16Cl2N2O2. The highest BCUT2D eigenvalue weighted by Gasteiger charge is 2.15. The Morgan fingerprint density at radius 3 is 2.71 bits per heavy atom. The van der Waals surface area contributed by atoms with Gasteiger partial charge in [-0.3, -0.25) is 9.78 Å². The molecule has 3 rings (SSSR count). The van der Waals surface area contributed by atoms with Crippen LogP contribution in [-0.2, 0) is 6.54 Å². The van der Waals surface area contributed by atoms with Gasteiger partial charge in [0.1, 0.15) is 5.52 Å². The molecule has 0 atom stereocenters. The van der Waals surface area contributed by atoms with Gasteiger partial charge >= 0.3 is 0 Å². The fourth-order valence-electron chi connectivity index (χ4n) is 2.27. The van der Waals surface area contributed by atoms with E-state index in [1.807, 2.05) is 6.07 Å². The van der Waals surface area contributed by atoms with Crippen molar-refractivity contribution in [1.29, 1.82) is 0 Å². The Morgan fingerprint density at radius 2 is 1.92 bits per heavy atom. The number of carbonyl (C=O) groups excluding carboxylic acids is 1. The van der Waals surface area contributed by atoms with Gasteiger partial charge < -0.3 is 10.4 Å². The predicted molar refractivity (Wildman–Crippen MR) is 97.8 cm³/mol. The van der Waals surface area contributed by atoms with Gasteiger partial charge in [-0.1, -0.05) is 54.9 Å². The average molecular weight is 363 g/mol. The summed E-state index contributed by atoms with van der Waals surface area (Å²) >= 11 is 12.0. The van der Waals surface area contributed by atoms with Gasteiger partial charge in [-0.25, -0.2) is 0 Å². The summed E-state index contributed by atoms with van der Waals surface area (Å²) < 4.78 is 0. The highest BCUT2D eigenvalue weighted by atomic mass is 35.5. The van der Waals surface area contributed by atoms with Gasteiger partial charge in [-0.15, -0.1) is 0 Å². The molecule has 3 aromatic rings. The van der Waals surface area contributed by atoms with Gasteiger partial charge in [0.05, 0.1) is 15.6 Å². The van der Waals surface area contributed by atoms with E-state index in [4.69, 9.17) is 23.2 Å². The molecule has 6 heteroatoms. The van der Waals surface area contributed by atoms with E-state index in [9.17, 15) is 9.90 Å². The maximum Gasteiger partial charge on any atom is 0.255 e. The normalized spacial score (nSPS) is 10.2. The number of hydrogen-bond donors (Lipinski definition) is 2. The zero-order valence-corrected chi connectivity index (χ0v) is 13.4. The molecule has 4 nitrogen and oxygen atoms in total. The zero-order valence-electron chi connectivity index (χ0n) is 11.9. The number of pyridine rings is 1. The average Bonchev–Trinajstić information content (AvgIpc) is 2.56. The Hall–Kier alpha value is -2.30. The topological polar surface area (TPSA) is 62.2 Å². The Bertz CT molecular complexity index is 897. The van der Waals surface area contributed by atoms with Crippen LogP contribution in [0.5, 0.6) is 5.75 Å². The highest BCUT2D eigenvalue weighted by Crippen LogP contribution is 2.28. The number of carbonyl (C=O) groups is 1. The molecule has 1 heterocycles. The quantitative estimate of drug-likeness (QED) is 0.702. The SMILES string of the molecule is C.O=C(NCc1cccc(Cl)c1Cl)c1ccc2cccnc2c1O. The van der Waals surface area contributed by atoms with Gasteiger partial charge in [0.2, 0.25) is 0 Å². The molecular weight excluding hydrogens is 347 g/mol. The monoisotopic (exact) mass is 362 g/mol. The van der Waals surface area contributed by atoms with E-state index >= 15 is 0 Å². The number of phenolic OH excluding ortho intramolecular Hbond substituents is 1. The first-order valence-electron chi connectivity index (χ1n) is 6.85. The molecule has 0 aliphatic heterocycles. The van der Waals surface area contributed by atoms with Crippen LogP contribution in [0.1, 0.15) is 23.3 Å². The number of aromatic hydroxyl groups is 1. The third-order valence-electron chi connectivity index (χ3n) is 3.46. The van der Waals surface area contributed by atoms with Crippen LogP contribution < -0.4 is 5.32 Å². The van der Waals surface area contributed by atoms with Crippen LogP contribution >= 0.6 is 23.2 Å². The van der Waals surface area contributed by atoms with Crippen LogP contribution in [0, 0.1) is 0 Å². The highest BCUT2D eigenvalue weighted by molar-refractivity contribution is 6.42. The van der Waals surface area contributed by atoms with E-state index in [1.54, 1.807) is 42.6 Å². The number of benzene rings is 2. The summed E-state index contributed by atoms with van der Waals surface area (Å²) in [5.41, 5.74) is 1.25. The molecule has 0 radical (unpaired) electrons. The number of phenols is 1. The minimum absolute atomic E-state index is 0. The van der Waals surface area contributed by atoms with Crippen molar-refractivity contribution in [2.75, 3.05) is 0 Å². The fourth-order valence-corrected chi connectivity index (χ4v) is 2.66. The second kappa shape index (κ2) is 7.51. The summed E-state index contributed by atoms with van der Waals surface area (Å²) in [5, 5.41) is 14.6. The number of nitrogens with zero attached hydrogens (tertiary/aromatic N) is 1. The molecule has 0 unspecified atom stereocenters. The number of nitrogens with one attached hydrogen (secondary N) is 1. The van der Waals surface area contributed by atoms with Crippen LogP contribution in [0.15, 0.2) is 48.7 Å². The first-order valence-corrected chi connectivity index (χ1v) is 7.61. The predicted octanol–water partition coefficient (Wildman–Crippen LogP) is 4.81. The maximum absolute atomic E-state index is 12.3. The van der Waals surface area contributed by atoms with E-state index in [0.29, 0.717) is 21.1 Å². The summed E-state index contributed by atoms with van der Waals surface area (Å²) in [6, 6.07) is 12.1. The van der Waals surface area contributed by atoms with Crippen LogP contribution in [0.2, 0.25) is 10.0 Å². The number of aromatic nitrogens is 1. The molecule has 2 aromatic carbocycles. The van der Waals surface area contributed by atoms with Crippen molar-refractivity contribution in [2.24, 2.45) is 0 Å². The molecule has 0 aliphatic carbocycles. The van der Waals surface area contributed by atoms with Gasteiger partial charge in [0.25, 0.3) is 5.91 Å². The molecule has 0 spiro atoms. The van der Waals surface area contributed by atoms with Gasteiger partial charge in [0, 0.05) is 18.1 Å². The van der Waals surface area contributed by atoms with Gasteiger partial charge in [0.15, 0.2) is 5.75 Å². The van der Waals surface area contributed by atoms with Crippen molar-refractivity contribution in [3.05, 3.63) is 69.8 Å². The zero-order chi connectivity index (χ0) is 16.4. The second-order valence-electron chi connectivity index (χ2n) is 4.93. The molecule has 2 N–H and O–H groups in total. The van der Waals surface area contributed by atoms with E-state index < -0.39 is 5.91 Å². The molecule has 1 aromatic heterocycles. The van der Waals surface area contributed by atoms with E-state index in [-0.39, 0.29) is 25.3 Å². The van der Waals surface area contributed by atoms with Crippen molar-refractivity contribution in [2.45, 2.75) is 14.0 Å². The Labute approximate surface area is 150 Å². The van der Waals surface area contributed by atoms with Crippen molar-refractivity contribution in [3.8, 4) is 5.75 Å². The van der Waals surface area contributed by atoms with Crippen LogP contribution in [0.3, 0.4) is 0 Å². The summed E-state index contributed by atoms with van der Waals surface area (Å²) in [7, 11) is 0. The number of fused-ring (bicyclic) bond motifs is 1. The standard InChI is InChI=1S/C17H12Cl2N2O2.CH4/c18-13-5-1-3-11(14(13)19)9-21-17(23)12-7-6-10-4-2-8-20-15(10)16(12)22;/h1-8,22H,9H2,(H,21,23);1H4. The fraction of sp³-hybridized carbons (Fsp3) is 0.111. The lowest BCUT2D eigenvalue weighted by Gasteiger charge is -2.10. The number of hydrogen-bond acceptors (Lipinski definition) is 3. The van der Waals surface area contributed by atoms with Crippen LogP contribution in [-0.4, -0.2) is 16.0 Å². The van der Waals surface area contributed by atoms with E-state index in [2.05, 4.69) is 10.3 Å². The number of amides is 1. The van der Waals surface area contributed by atoms with Gasteiger partial charge in [-0.2, -0.15) is 0 Å². The second-order valence-corrected chi connectivity index (χ2v) is 5.72. The lowest BCUT2D eigenvalue weighted by atomic mass is 10.1. The number of rotatable bonds is 3. The van der Waals surface area contributed by atoms with Crippen LogP contribution in [0.4, 0.5) is 0 Å². The summed E-state index contributed by atoms with van der Waals surface area (Å²) in [5.74, 6) is -0.552. The summed E-state index contributed by atoms with van der Waals surface area (Å²) in [6.45, 7) is 0.206. The largest absolute Gasteiger partial charge is 0.505 e. The first-order chi connectivity index (χ1) is 11.1. The lowest BCUT2D eigenvalue weighted by molar-refractivity contribution is 0.0948. The third-order valence-corrected chi connectivity index (χ3v) is 4.32. The Balaban J connectivity index is 0.00000208. The van der Waals surface area contributed by atoms with E-state index in [1.165, 1.54) is 0 Å². The Morgan fingerprint density at radius 1 is 1.12 bits per heavy atom. The number of halogens is 2. The Kier molecular flexibility index (Phi) is 5.65. The van der Waals surface area contributed by atoms with E-state index in [0.717, 1.165) is 5.39 Å². The van der Waals surface area contributed by atoms with Gasteiger partial charge in [-0.05, 0) is 23.8 Å². The third kappa shape index (κ3) is 3.45. The smallest absolute Gasteiger partial charge is 0.255 e. The minimum atomic E-state index is -0.411. The van der Waals surface area contributed by atoms with Crippen LogP contribution in [0.25, 0.3) is 10.9 Å². The van der Waals surface area contributed by atoms with Crippen molar-refractivity contribution in [3.63, 3.8) is 0 Å². The molecule has 0 fully saturated rings. The minimum Gasteiger partial charge on any atom is -0.505 e. The molecule has 0 aliphatic rings. The molecule has 1 amide bonds. The summed E-state index contributed by atoms with van der Waals surface area (Å²) in [4.78, 5) is 16.4. The maximum atomic E-state index is 12.3.